The Balaban J connectivity index is 3.07. The number of anilines is 1. The summed E-state index contributed by atoms with van der Waals surface area (Å²) >= 11 is 0. The first-order chi connectivity index (χ1) is 4.74. The van der Waals surface area contributed by atoms with E-state index in [1.807, 2.05) is 6.92 Å². The van der Waals surface area contributed by atoms with Crippen molar-refractivity contribution in [3.8, 4) is 0 Å². The van der Waals surface area contributed by atoms with Crippen LogP contribution in [0.4, 0.5) is 5.82 Å². The number of aryl methyl sites for hydroxylation is 1. The van der Waals surface area contributed by atoms with E-state index in [2.05, 4.69) is 9.97 Å². The number of rotatable bonds is 1. The second kappa shape index (κ2) is 2.62. The molecule has 4 heteroatoms. The van der Waals surface area contributed by atoms with Crippen LogP contribution < -0.4 is 11.5 Å². The lowest BCUT2D eigenvalue weighted by molar-refractivity contribution is 0.933. The largest absolute Gasteiger partial charge is 0.382 e. The van der Waals surface area contributed by atoms with Gasteiger partial charge in [0, 0.05) is 6.54 Å². The molecule has 0 saturated carbocycles. The molecule has 4 nitrogen and oxygen atoms in total. The van der Waals surface area contributed by atoms with Gasteiger partial charge in [0.1, 0.15) is 5.82 Å². The topological polar surface area (TPSA) is 77.8 Å². The number of nitrogen functional groups attached to an aromatic ring is 1. The second-order valence-corrected chi connectivity index (χ2v) is 2.03. The molecule has 0 atom stereocenters. The van der Waals surface area contributed by atoms with Crippen molar-refractivity contribution >= 4 is 5.82 Å². The monoisotopic (exact) mass is 138 g/mol. The lowest BCUT2D eigenvalue weighted by atomic mass is 10.3. The average Bonchev–Trinajstić information content (AvgIpc) is 1.88. The Morgan fingerprint density at radius 3 is 2.80 bits per heavy atom. The van der Waals surface area contributed by atoms with Crippen LogP contribution in [0.2, 0.25) is 0 Å². The number of nitrogens with two attached hydrogens (primary N) is 2. The summed E-state index contributed by atoms with van der Waals surface area (Å²) in [6, 6.07) is 0. The molecule has 0 bridgehead atoms. The summed E-state index contributed by atoms with van der Waals surface area (Å²) < 4.78 is 0. The fraction of sp³-hybridized carbons (Fsp3) is 0.333. The Hall–Kier alpha value is -1.16. The molecule has 0 aliphatic heterocycles. The number of nitrogens with zero attached hydrogens (tertiary/aromatic N) is 2. The summed E-state index contributed by atoms with van der Waals surface area (Å²) in [5, 5.41) is 0. The summed E-state index contributed by atoms with van der Waals surface area (Å²) in [7, 11) is 0. The Labute approximate surface area is 59.3 Å². The third-order valence-electron chi connectivity index (χ3n) is 1.26. The number of aromatic nitrogens is 2. The molecular weight excluding hydrogens is 128 g/mol. The molecule has 1 rings (SSSR count). The van der Waals surface area contributed by atoms with Gasteiger partial charge < -0.3 is 11.5 Å². The van der Waals surface area contributed by atoms with Crippen molar-refractivity contribution in [2.24, 2.45) is 5.73 Å². The van der Waals surface area contributed by atoms with Gasteiger partial charge in [0.15, 0.2) is 0 Å². The maximum Gasteiger partial charge on any atom is 0.142 e. The smallest absolute Gasteiger partial charge is 0.142 e. The van der Waals surface area contributed by atoms with E-state index in [9.17, 15) is 0 Å². The van der Waals surface area contributed by atoms with Gasteiger partial charge >= 0.3 is 0 Å². The van der Waals surface area contributed by atoms with Crippen molar-refractivity contribution in [2.45, 2.75) is 13.5 Å². The van der Waals surface area contributed by atoms with E-state index >= 15 is 0 Å². The molecule has 0 saturated heterocycles. The van der Waals surface area contributed by atoms with E-state index in [1.54, 1.807) is 0 Å². The maximum atomic E-state index is 5.37. The van der Waals surface area contributed by atoms with Crippen molar-refractivity contribution in [1.29, 1.82) is 0 Å². The average molecular weight is 138 g/mol. The Morgan fingerprint density at radius 2 is 2.30 bits per heavy atom. The van der Waals surface area contributed by atoms with E-state index in [1.165, 1.54) is 6.20 Å². The SMILES string of the molecule is Cc1nc(N)cnc1CN. The lowest BCUT2D eigenvalue weighted by Gasteiger charge is -1.99. The van der Waals surface area contributed by atoms with Gasteiger partial charge in [-0.25, -0.2) is 4.98 Å². The minimum atomic E-state index is 0.416. The van der Waals surface area contributed by atoms with Crippen LogP contribution in [0.5, 0.6) is 0 Å². The zero-order valence-corrected chi connectivity index (χ0v) is 5.83. The molecule has 0 aromatic carbocycles. The van der Waals surface area contributed by atoms with E-state index in [0.29, 0.717) is 12.4 Å². The van der Waals surface area contributed by atoms with E-state index in [-0.39, 0.29) is 0 Å². The summed E-state index contributed by atoms with van der Waals surface area (Å²) in [5.74, 6) is 0.440. The highest BCUT2D eigenvalue weighted by atomic mass is 14.9. The van der Waals surface area contributed by atoms with E-state index in [0.717, 1.165) is 11.4 Å². The van der Waals surface area contributed by atoms with Gasteiger partial charge in [0.05, 0.1) is 17.6 Å². The second-order valence-electron chi connectivity index (χ2n) is 2.03. The highest BCUT2D eigenvalue weighted by Crippen LogP contribution is 2.01. The molecule has 0 aliphatic rings. The first kappa shape index (κ1) is 6.95. The Morgan fingerprint density at radius 1 is 1.60 bits per heavy atom. The van der Waals surface area contributed by atoms with Crippen molar-refractivity contribution in [1.82, 2.24) is 9.97 Å². The van der Waals surface area contributed by atoms with Gasteiger partial charge in [-0.15, -0.1) is 0 Å². The lowest BCUT2D eigenvalue weighted by Crippen LogP contribution is -2.05. The Bertz CT molecular complexity index is 233. The van der Waals surface area contributed by atoms with Gasteiger partial charge in [-0.2, -0.15) is 0 Å². The van der Waals surface area contributed by atoms with Crippen molar-refractivity contribution in [3.05, 3.63) is 17.6 Å². The molecule has 4 N–H and O–H groups in total. The quantitative estimate of drug-likeness (QED) is 0.564. The van der Waals surface area contributed by atoms with E-state index in [4.69, 9.17) is 11.5 Å². The van der Waals surface area contributed by atoms with Gasteiger partial charge in [-0.3, -0.25) is 4.98 Å². The highest BCUT2D eigenvalue weighted by molar-refractivity contribution is 5.26. The Kier molecular flexibility index (Phi) is 1.82. The molecule has 0 aliphatic carbocycles. The molecule has 0 spiro atoms. The molecule has 0 fully saturated rings. The van der Waals surface area contributed by atoms with Crippen molar-refractivity contribution in [2.75, 3.05) is 5.73 Å². The molecular formula is C6H10N4. The molecule has 1 heterocycles. The van der Waals surface area contributed by atoms with Crippen LogP contribution in [0.1, 0.15) is 11.4 Å². The predicted octanol–water partition coefficient (Wildman–Crippen LogP) is -0.174. The van der Waals surface area contributed by atoms with Crippen molar-refractivity contribution < 1.29 is 0 Å². The highest BCUT2D eigenvalue weighted by Gasteiger charge is 1.97. The molecule has 54 valence electrons. The number of hydrogen-bond acceptors (Lipinski definition) is 4. The summed E-state index contributed by atoms with van der Waals surface area (Å²) in [4.78, 5) is 7.96. The number of hydrogen-bond donors (Lipinski definition) is 2. The summed E-state index contributed by atoms with van der Waals surface area (Å²) in [6.45, 7) is 2.25. The van der Waals surface area contributed by atoms with Crippen LogP contribution >= 0.6 is 0 Å². The van der Waals surface area contributed by atoms with Crippen LogP contribution in [0.25, 0.3) is 0 Å². The zero-order chi connectivity index (χ0) is 7.56. The molecule has 0 amide bonds. The maximum absolute atomic E-state index is 5.37. The molecule has 0 unspecified atom stereocenters. The first-order valence-corrected chi connectivity index (χ1v) is 3.02. The minimum Gasteiger partial charge on any atom is -0.382 e. The van der Waals surface area contributed by atoms with Crippen LogP contribution in [-0.4, -0.2) is 9.97 Å². The summed E-state index contributed by atoms with van der Waals surface area (Å²) in [5.41, 5.74) is 12.3. The summed E-state index contributed by atoms with van der Waals surface area (Å²) in [6.07, 6.45) is 1.51. The van der Waals surface area contributed by atoms with Crippen LogP contribution in [-0.2, 0) is 6.54 Å². The standard InChI is InChI=1S/C6H10N4/c1-4-5(2-7)9-3-6(8)10-4/h3H,2,7H2,1H3,(H2,8,10). The van der Waals surface area contributed by atoms with Gasteiger partial charge in [0.25, 0.3) is 0 Å². The van der Waals surface area contributed by atoms with Crippen LogP contribution in [0.3, 0.4) is 0 Å². The predicted molar refractivity (Wildman–Crippen MR) is 39.1 cm³/mol. The molecule has 1 aromatic rings. The fourth-order valence-corrected chi connectivity index (χ4v) is 0.725. The van der Waals surface area contributed by atoms with E-state index < -0.39 is 0 Å². The minimum absolute atomic E-state index is 0.416. The zero-order valence-electron chi connectivity index (χ0n) is 5.83. The van der Waals surface area contributed by atoms with Gasteiger partial charge in [-0.05, 0) is 6.92 Å². The third kappa shape index (κ3) is 1.22. The van der Waals surface area contributed by atoms with Gasteiger partial charge in [-0.1, -0.05) is 0 Å². The molecule has 1 aromatic heterocycles. The third-order valence-corrected chi connectivity index (χ3v) is 1.26. The normalized spacial score (nSPS) is 9.80. The molecule has 10 heavy (non-hydrogen) atoms. The van der Waals surface area contributed by atoms with Crippen LogP contribution in [0.15, 0.2) is 6.20 Å². The van der Waals surface area contributed by atoms with Gasteiger partial charge in [0.2, 0.25) is 0 Å². The fourth-order valence-electron chi connectivity index (χ4n) is 0.725. The van der Waals surface area contributed by atoms with Crippen LogP contribution in [0, 0.1) is 6.92 Å². The first-order valence-electron chi connectivity index (χ1n) is 3.02. The van der Waals surface area contributed by atoms with Crippen molar-refractivity contribution in [3.63, 3.8) is 0 Å². The molecule has 0 radical (unpaired) electrons.